The monoisotopic (exact) mass is 333 g/mol. The number of aryl methyl sites for hydroxylation is 1. The Labute approximate surface area is 143 Å². The molecule has 0 saturated heterocycles. The minimum absolute atomic E-state index is 0.0890. The third kappa shape index (κ3) is 1.60. The number of methoxy groups -OCH3 is 1. The molecule has 5 nitrogen and oxygen atoms in total. The van der Waals surface area contributed by atoms with Gasteiger partial charge in [0.25, 0.3) is 5.91 Å². The second-order valence-corrected chi connectivity index (χ2v) is 6.44. The number of fused-ring (bicyclic) bond motifs is 3. The van der Waals surface area contributed by atoms with E-state index in [4.69, 9.17) is 9.47 Å². The molecule has 25 heavy (non-hydrogen) atoms. The van der Waals surface area contributed by atoms with Gasteiger partial charge < -0.3 is 19.9 Å². The average molecular weight is 333 g/mol. The van der Waals surface area contributed by atoms with Gasteiger partial charge in [-0.05, 0) is 36.1 Å². The van der Waals surface area contributed by atoms with Crippen molar-refractivity contribution in [1.29, 1.82) is 0 Å². The Morgan fingerprint density at radius 2 is 2.04 bits per heavy atom. The summed E-state index contributed by atoms with van der Waals surface area (Å²) in [6.07, 6.45) is 0. The maximum atomic E-state index is 12.7. The molecule has 3 aromatic rings. The number of carbonyl (C=O) groups excluding carboxylic acids is 1. The highest BCUT2D eigenvalue weighted by Crippen LogP contribution is 2.54. The number of phenols is 1. The number of carbonyl (C=O) groups is 1. The number of benzene rings is 3. The van der Waals surface area contributed by atoms with Gasteiger partial charge in [0.1, 0.15) is 17.2 Å². The van der Waals surface area contributed by atoms with Crippen LogP contribution in [0.15, 0.2) is 42.5 Å². The lowest BCUT2D eigenvalue weighted by atomic mass is 9.91. The van der Waals surface area contributed by atoms with Crippen molar-refractivity contribution in [3.05, 3.63) is 64.7 Å². The molecule has 2 aliphatic rings. The fourth-order valence-corrected chi connectivity index (χ4v) is 4.01. The molecule has 2 N–H and O–H groups in total. The first kappa shape index (κ1) is 14.2. The topological polar surface area (TPSA) is 67.8 Å². The van der Waals surface area contributed by atoms with Crippen molar-refractivity contribution in [2.75, 3.05) is 7.11 Å². The van der Waals surface area contributed by atoms with Crippen molar-refractivity contribution in [3.8, 4) is 17.2 Å². The van der Waals surface area contributed by atoms with Gasteiger partial charge in [-0.3, -0.25) is 4.79 Å². The molecule has 2 heterocycles. The van der Waals surface area contributed by atoms with E-state index in [0.29, 0.717) is 28.2 Å². The highest BCUT2D eigenvalue weighted by atomic mass is 16.5. The van der Waals surface area contributed by atoms with E-state index in [1.807, 2.05) is 37.3 Å². The van der Waals surface area contributed by atoms with E-state index in [1.54, 1.807) is 12.1 Å². The lowest BCUT2D eigenvalue weighted by Crippen LogP contribution is -2.43. The molecule has 0 bridgehead atoms. The summed E-state index contributed by atoms with van der Waals surface area (Å²) in [6.45, 7) is 1.99. The molecule has 5 rings (SSSR count). The Hall–Kier alpha value is -3.21. The SMILES string of the molecule is COc1cccc2c1C(=O)N[C@@]21Oc2cc(C)cc3ccc(O)c1c23. The van der Waals surface area contributed by atoms with Crippen LogP contribution in [0, 0.1) is 6.92 Å². The molecule has 1 spiro atoms. The zero-order valence-electron chi connectivity index (χ0n) is 13.7. The van der Waals surface area contributed by atoms with Gasteiger partial charge in [-0.15, -0.1) is 0 Å². The van der Waals surface area contributed by atoms with Crippen LogP contribution < -0.4 is 14.8 Å². The van der Waals surface area contributed by atoms with Gasteiger partial charge >= 0.3 is 0 Å². The molecular weight excluding hydrogens is 318 g/mol. The van der Waals surface area contributed by atoms with Crippen LogP contribution in [0.1, 0.15) is 27.0 Å². The van der Waals surface area contributed by atoms with Crippen molar-refractivity contribution < 1.29 is 19.4 Å². The number of aromatic hydroxyl groups is 1. The van der Waals surface area contributed by atoms with Crippen LogP contribution >= 0.6 is 0 Å². The minimum atomic E-state index is -1.24. The number of hydrogen-bond donors (Lipinski definition) is 2. The summed E-state index contributed by atoms with van der Waals surface area (Å²) >= 11 is 0. The zero-order valence-corrected chi connectivity index (χ0v) is 13.7. The van der Waals surface area contributed by atoms with E-state index in [0.717, 1.165) is 16.3 Å². The summed E-state index contributed by atoms with van der Waals surface area (Å²) in [7, 11) is 1.53. The summed E-state index contributed by atoms with van der Waals surface area (Å²) in [4.78, 5) is 12.7. The van der Waals surface area contributed by atoms with Gasteiger partial charge in [0.05, 0.1) is 18.2 Å². The molecule has 124 valence electrons. The first-order chi connectivity index (χ1) is 12.0. The number of ether oxygens (including phenoxy) is 2. The fraction of sp³-hybridized carbons (Fsp3) is 0.150. The Kier molecular flexibility index (Phi) is 2.52. The van der Waals surface area contributed by atoms with Crippen LogP contribution in [-0.4, -0.2) is 18.1 Å². The molecule has 0 aliphatic carbocycles. The molecular formula is C20H15NO4. The fourth-order valence-electron chi connectivity index (χ4n) is 4.01. The summed E-state index contributed by atoms with van der Waals surface area (Å²) in [5, 5.41) is 15.3. The third-order valence-corrected chi connectivity index (χ3v) is 4.96. The van der Waals surface area contributed by atoms with Crippen LogP contribution in [0.5, 0.6) is 17.2 Å². The van der Waals surface area contributed by atoms with Crippen molar-refractivity contribution in [2.45, 2.75) is 12.6 Å². The van der Waals surface area contributed by atoms with Crippen LogP contribution in [0.2, 0.25) is 0 Å². The summed E-state index contributed by atoms with van der Waals surface area (Å²) in [5.41, 5.74) is 1.46. The largest absolute Gasteiger partial charge is 0.507 e. The van der Waals surface area contributed by atoms with Crippen molar-refractivity contribution in [2.24, 2.45) is 0 Å². The Balaban J connectivity index is 1.89. The van der Waals surface area contributed by atoms with Crippen LogP contribution in [0.4, 0.5) is 0 Å². The Bertz CT molecular complexity index is 1090. The van der Waals surface area contributed by atoms with E-state index in [-0.39, 0.29) is 11.7 Å². The Morgan fingerprint density at radius 1 is 1.20 bits per heavy atom. The summed E-state index contributed by atoms with van der Waals surface area (Å²) < 4.78 is 11.6. The normalized spacial score (nSPS) is 19.8. The highest BCUT2D eigenvalue weighted by molar-refractivity contribution is 6.06. The summed E-state index contributed by atoms with van der Waals surface area (Å²) in [6, 6.07) is 12.8. The molecule has 2 aliphatic heterocycles. The van der Waals surface area contributed by atoms with Gasteiger partial charge in [0.15, 0.2) is 0 Å². The first-order valence-corrected chi connectivity index (χ1v) is 8.01. The molecule has 0 aromatic heterocycles. The van der Waals surface area contributed by atoms with E-state index in [9.17, 15) is 9.90 Å². The zero-order chi connectivity index (χ0) is 17.3. The molecule has 0 fully saturated rings. The second-order valence-electron chi connectivity index (χ2n) is 6.44. The molecule has 3 aromatic carbocycles. The lowest BCUT2D eigenvalue weighted by molar-refractivity contribution is 0.0703. The van der Waals surface area contributed by atoms with Crippen molar-refractivity contribution in [1.82, 2.24) is 5.32 Å². The lowest BCUT2D eigenvalue weighted by Gasteiger charge is -2.26. The number of hydrogen-bond acceptors (Lipinski definition) is 4. The van der Waals surface area contributed by atoms with Gasteiger partial charge in [-0.1, -0.05) is 24.3 Å². The van der Waals surface area contributed by atoms with Gasteiger partial charge in [-0.25, -0.2) is 0 Å². The van der Waals surface area contributed by atoms with Gasteiger partial charge in [0, 0.05) is 10.9 Å². The van der Waals surface area contributed by atoms with Crippen LogP contribution in [0.3, 0.4) is 0 Å². The molecule has 0 unspecified atom stereocenters. The van der Waals surface area contributed by atoms with E-state index < -0.39 is 5.72 Å². The van der Waals surface area contributed by atoms with Crippen molar-refractivity contribution >= 4 is 16.7 Å². The molecule has 5 heteroatoms. The third-order valence-electron chi connectivity index (χ3n) is 4.96. The van der Waals surface area contributed by atoms with Crippen molar-refractivity contribution in [3.63, 3.8) is 0 Å². The number of amides is 1. The quantitative estimate of drug-likeness (QED) is 0.718. The average Bonchev–Trinajstić information content (AvgIpc) is 3.07. The second kappa shape index (κ2) is 4.45. The van der Waals surface area contributed by atoms with Gasteiger partial charge in [-0.2, -0.15) is 0 Å². The minimum Gasteiger partial charge on any atom is -0.507 e. The predicted octanol–water partition coefficient (Wildman–Crippen LogP) is 3.20. The van der Waals surface area contributed by atoms with Gasteiger partial charge in [0.2, 0.25) is 5.72 Å². The van der Waals surface area contributed by atoms with E-state index in [2.05, 4.69) is 5.32 Å². The Morgan fingerprint density at radius 3 is 2.84 bits per heavy atom. The smallest absolute Gasteiger partial charge is 0.259 e. The van der Waals surface area contributed by atoms with E-state index >= 15 is 0 Å². The number of phenolic OH excluding ortho intramolecular Hbond substituents is 1. The maximum absolute atomic E-state index is 12.7. The van der Waals surface area contributed by atoms with Crippen LogP contribution in [-0.2, 0) is 5.72 Å². The van der Waals surface area contributed by atoms with Crippen LogP contribution in [0.25, 0.3) is 10.8 Å². The number of rotatable bonds is 1. The molecule has 0 saturated carbocycles. The maximum Gasteiger partial charge on any atom is 0.259 e. The molecule has 0 radical (unpaired) electrons. The summed E-state index contributed by atoms with van der Waals surface area (Å²) in [5.74, 6) is 0.936. The predicted molar refractivity (Wildman–Crippen MR) is 92.2 cm³/mol. The standard InChI is InChI=1S/C20H15NO4/c1-10-8-11-6-7-13(22)18-16(11)15(9-10)25-20(18)12-4-3-5-14(24-2)17(12)19(23)21-20/h3-9,22H,1-2H3,(H,21,23)/t20-/m1/s1. The molecule has 1 amide bonds. The highest BCUT2D eigenvalue weighted by Gasteiger charge is 2.54. The first-order valence-electron chi connectivity index (χ1n) is 8.01. The van der Waals surface area contributed by atoms with E-state index in [1.165, 1.54) is 7.11 Å². The molecule has 1 atom stereocenters. The number of nitrogens with one attached hydrogen (secondary N) is 1.